The standard InChI is InChI=1S/C15H31OS/c1-4-17(14(2)3)13-8-6-5-7-10-15-11-9-12-16-15/h14-15H,4-13H2,1-3H3/q+1. The second-order valence-electron chi connectivity index (χ2n) is 5.42. The highest BCUT2D eigenvalue weighted by Gasteiger charge is 2.19. The van der Waals surface area contributed by atoms with E-state index < -0.39 is 0 Å². The minimum absolute atomic E-state index is 0.607. The Bertz CT molecular complexity index is 176. The molecule has 1 rings (SSSR count). The largest absolute Gasteiger partial charge is 0.378 e. The first-order valence-electron chi connectivity index (χ1n) is 7.52. The van der Waals surface area contributed by atoms with Crippen LogP contribution in [0.15, 0.2) is 0 Å². The summed E-state index contributed by atoms with van der Waals surface area (Å²) in [6, 6.07) is 0. The molecule has 0 spiro atoms. The topological polar surface area (TPSA) is 9.23 Å². The predicted octanol–water partition coefficient (Wildman–Crippen LogP) is 4.16. The van der Waals surface area contributed by atoms with E-state index in [1.165, 1.54) is 56.5 Å². The van der Waals surface area contributed by atoms with E-state index in [0.29, 0.717) is 17.0 Å². The Morgan fingerprint density at radius 3 is 2.53 bits per heavy atom. The van der Waals surface area contributed by atoms with Gasteiger partial charge < -0.3 is 4.74 Å². The smallest absolute Gasteiger partial charge is 0.112 e. The van der Waals surface area contributed by atoms with E-state index in [2.05, 4.69) is 20.8 Å². The molecule has 2 unspecified atom stereocenters. The maximum Gasteiger partial charge on any atom is 0.112 e. The predicted molar refractivity (Wildman–Crippen MR) is 80.0 cm³/mol. The van der Waals surface area contributed by atoms with Gasteiger partial charge in [-0.3, -0.25) is 0 Å². The second kappa shape index (κ2) is 9.27. The van der Waals surface area contributed by atoms with Gasteiger partial charge >= 0.3 is 0 Å². The van der Waals surface area contributed by atoms with Crippen LogP contribution in [-0.4, -0.2) is 29.5 Å². The quantitative estimate of drug-likeness (QED) is 0.446. The lowest BCUT2D eigenvalue weighted by Crippen LogP contribution is -2.20. The lowest BCUT2D eigenvalue weighted by molar-refractivity contribution is 0.102. The minimum Gasteiger partial charge on any atom is -0.378 e. The zero-order valence-electron chi connectivity index (χ0n) is 12.0. The molecule has 2 heteroatoms. The van der Waals surface area contributed by atoms with Crippen LogP contribution in [-0.2, 0) is 15.6 Å². The minimum atomic E-state index is 0.607. The molecule has 2 atom stereocenters. The Balaban J connectivity index is 1.89. The summed E-state index contributed by atoms with van der Waals surface area (Å²) in [5.74, 6) is 2.85. The fraction of sp³-hybridized carbons (Fsp3) is 1.00. The Morgan fingerprint density at radius 1 is 1.18 bits per heavy atom. The lowest BCUT2D eigenvalue weighted by Gasteiger charge is -2.11. The van der Waals surface area contributed by atoms with Crippen LogP contribution in [0.2, 0.25) is 0 Å². The van der Waals surface area contributed by atoms with E-state index >= 15 is 0 Å². The van der Waals surface area contributed by atoms with Crippen molar-refractivity contribution in [3.8, 4) is 0 Å². The third-order valence-corrected chi connectivity index (χ3v) is 6.63. The first kappa shape index (κ1) is 15.4. The summed E-state index contributed by atoms with van der Waals surface area (Å²) >= 11 is 0. The van der Waals surface area contributed by atoms with Gasteiger partial charge in [0.25, 0.3) is 0 Å². The molecule has 0 aromatic heterocycles. The van der Waals surface area contributed by atoms with Crippen molar-refractivity contribution in [2.24, 2.45) is 0 Å². The van der Waals surface area contributed by atoms with E-state index in [1.807, 2.05) is 0 Å². The molecule has 0 aliphatic carbocycles. The Morgan fingerprint density at radius 2 is 1.94 bits per heavy atom. The lowest BCUT2D eigenvalue weighted by atomic mass is 10.1. The maximum atomic E-state index is 5.65. The van der Waals surface area contributed by atoms with Crippen LogP contribution in [0, 0.1) is 0 Å². The Hall–Kier alpha value is 0.310. The van der Waals surface area contributed by atoms with Gasteiger partial charge in [-0.25, -0.2) is 0 Å². The third-order valence-electron chi connectivity index (χ3n) is 3.74. The highest BCUT2D eigenvalue weighted by atomic mass is 32.2. The van der Waals surface area contributed by atoms with Crippen molar-refractivity contribution >= 4 is 10.9 Å². The highest BCUT2D eigenvalue weighted by molar-refractivity contribution is 7.97. The van der Waals surface area contributed by atoms with Crippen molar-refractivity contribution in [2.75, 3.05) is 18.1 Å². The molecule has 17 heavy (non-hydrogen) atoms. The van der Waals surface area contributed by atoms with E-state index in [0.717, 1.165) is 11.9 Å². The molecular weight excluding hydrogens is 228 g/mol. The van der Waals surface area contributed by atoms with E-state index in [1.54, 1.807) is 0 Å². The van der Waals surface area contributed by atoms with Gasteiger partial charge in [0, 0.05) is 6.61 Å². The zero-order valence-corrected chi connectivity index (χ0v) is 12.9. The molecular formula is C15H31OS+. The third kappa shape index (κ3) is 6.71. The fourth-order valence-corrected chi connectivity index (χ4v) is 4.60. The molecule has 1 aliphatic heterocycles. The molecule has 1 saturated heterocycles. The first-order valence-corrected chi connectivity index (χ1v) is 9.14. The number of hydrogen-bond acceptors (Lipinski definition) is 1. The summed E-state index contributed by atoms with van der Waals surface area (Å²) in [5, 5.41) is 0.895. The number of rotatable bonds is 9. The van der Waals surface area contributed by atoms with E-state index in [-0.39, 0.29) is 0 Å². The monoisotopic (exact) mass is 259 g/mol. The molecule has 0 bridgehead atoms. The van der Waals surface area contributed by atoms with Crippen molar-refractivity contribution in [1.82, 2.24) is 0 Å². The van der Waals surface area contributed by atoms with E-state index in [4.69, 9.17) is 4.74 Å². The number of unbranched alkanes of at least 4 members (excludes halogenated alkanes) is 3. The first-order chi connectivity index (χ1) is 8.24. The van der Waals surface area contributed by atoms with Crippen LogP contribution in [0.4, 0.5) is 0 Å². The molecule has 1 fully saturated rings. The van der Waals surface area contributed by atoms with Crippen LogP contribution in [0.25, 0.3) is 0 Å². The molecule has 0 N–H and O–H groups in total. The van der Waals surface area contributed by atoms with Crippen LogP contribution in [0.3, 0.4) is 0 Å². The molecule has 0 saturated carbocycles. The van der Waals surface area contributed by atoms with E-state index in [9.17, 15) is 0 Å². The fourth-order valence-electron chi connectivity index (χ4n) is 2.60. The molecule has 0 amide bonds. The molecule has 1 aliphatic rings. The average molecular weight is 259 g/mol. The van der Waals surface area contributed by atoms with Gasteiger partial charge in [0.1, 0.15) is 16.8 Å². The Kier molecular flexibility index (Phi) is 8.38. The van der Waals surface area contributed by atoms with Crippen LogP contribution in [0.1, 0.15) is 65.7 Å². The van der Waals surface area contributed by atoms with Gasteiger partial charge in [0.15, 0.2) is 0 Å². The second-order valence-corrected chi connectivity index (χ2v) is 8.42. The summed E-state index contributed by atoms with van der Waals surface area (Å²) in [4.78, 5) is 0. The normalized spacial score (nSPS) is 22.2. The molecule has 1 nitrogen and oxygen atoms in total. The summed E-state index contributed by atoms with van der Waals surface area (Å²) in [6.45, 7) is 8.12. The van der Waals surface area contributed by atoms with Gasteiger partial charge in [-0.1, -0.05) is 12.8 Å². The van der Waals surface area contributed by atoms with Crippen LogP contribution < -0.4 is 0 Å². The summed E-state index contributed by atoms with van der Waals surface area (Å²) < 4.78 is 5.65. The summed E-state index contributed by atoms with van der Waals surface area (Å²) in [5.41, 5.74) is 0. The average Bonchev–Trinajstić information content (AvgIpc) is 2.80. The molecule has 0 radical (unpaired) electrons. The van der Waals surface area contributed by atoms with Gasteiger partial charge in [0.05, 0.1) is 6.10 Å². The highest BCUT2D eigenvalue weighted by Crippen LogP contribution is 2.18. The van der Waals surface area contributed by atoms with Gasteiger partial charge in [-0.2, -0.15) is 0 Å². The van der Waals surface area contributed by atoms with Gasteiger partial charge in [0.2, 0.25) is 0 Å². The van der Waals surface area contributed by atoms with Crippen molar-refractivity contribution in [3.63, 3.8) is 0 Å². The molecule has 0 aromatic rings. The SMILES string of the molecule is CC[S+](CCCCCCC1CCCO1)C(C)C. The summed E-state index contributed by atoms with van der Waals surface area (Å²) in [6.07, 6.45) is 10.2. The van der Waals surface area contributed by atoms with Crippen molar-refractivity contribution in [2.45, 2.75) is 77.1 Å². The number of ether oxygens (including phenoxy) is 1. The summed E-state index contributed by atoms with van der Waals surface area (Å²) in [7, 11) is 0.685. The maximum absolute atomic E-state index is 5.65. The molecule has 102 valence electrons. The van der Waals surface area contributed by atoms with Crippen molar-refractivity contribution < 1.29 is 4.74 Å². The number of hydrogen-bond donors (Lipinski definition) is 0. The van der Waals surface area contributed by atoms with Crippen molar-refractivity contribution in [3.05, 3.63) is 0 Å². The van der Waals surface area contributed by atoms with Crippen LogP contribution >= 0.6 is 0 Å². The van der Waals surface area contributed by atoms with Crippen LogP contribution in [0.5, 0.6) is 0 Å². The zero-order chi connectivity index (χ0) is 12.5. The van der Waals surface area contributed by atoms with Gasteiger partial charge in [-0.05, 0) is 63.8 Å². The molecule has 0 aromatic carbocycles. The van der Waals surface area contributed by atoms with Crippen molar-refractivity contribution in [1.29, 1.82) is 0 Å². The Labute approximate surface area is 111 Å². The van der Waals surface area contributed by atoms with Gasteiger partial charge in [-0.15, -0.1) is 0 Å². The molecule has 1 heterocycles.